The van der Waals surface area contributed by atoms with Crippen molar-refractivity contribution >= 4 is 44.8 Å². The molecule has 1 amide bonds. The van der Waals surface area contributed by atoms with Crippen molar-refractivity contribution in [2.45, 2.75) is 0 Å². The quantitative estimate of drug-likeness (QED) is 0.322. The van der Waals surface area contributed by atoms with Gasteiger partial charge >= 0.3 is 5.69 Å². The topological polar surface area (TPSA) is 134 Å². The van der Waals surface area contributed by atoms with Crippen molar-refractivity contribution in [1.29, 1.82) is 0 Å². The van der Waals surface area contributed by atoms with Gasteiger partial charge in [-0.2, -0.15) is 0 Å². The van der Waals surface area contributed by atoms with Gasteiger partial charge in [-0.3, -0.25) is 36.6 Å². The predicted molar refractivity (Wildman–Crippen MR) is 108 cm³/mol. The van der Waals surface area contributed by atoms with Crippen molar-refractivity contribution in [3.8, 4) is 0 Å². The summed E-state index contributed by atoms with van der Waals surface area (Å²) in [6, 6.07) is 15.6. The molecule has 0 radical (unpaired) electrons. The molecule has 3 rings (SSSR count). The van der Waals surface area contributed by atoms with Crippen LogP contribution in [0.25, 0.3) is 0 Å². The third-order valence-corrected chi connectivity index (χ3v) is 4.03. The molecular weight excluding hydrogens is 430 g/mol. The molecule has 0 spiro atoms. The molecule has 142 valence electrons. The van der Waals surface area contributed by atoms with Crippen LogP contribution in [0.5, 0.6) is 0 Å². The van der Waals surface area contributed by atoms with E-state index in [9.17, 15) is 14.9 Å². The highest BCUT2D eigenvalue weighted by atomic mass is 79.9. The van der Waals surface area contributed by atoms with Crippen LogP contribution in [0.3, 0.4) is 0 Å². The summed E-state index contributed by atoms with van der Waals surface area (Å²) in [7, 11) is 0. The Labute approximate surface area is 167 Å². The number of amides is 1. The molecule has 10 nitrogen and oxygen atoms in total. The summed E-state index contributed by atoms with van der Waals surface area (Å²) in [5, 5.41) is 11.5. The van der Waals surface area contributed by atoms with E-state index in [1.807, 2.05) is 18.2 Å². The zero-order valence-electron chi connectivity index (χ0n) is 14.2. The fourth-order valence-electron chi connectivity index (χ4n) is 2.18. The summed E-state index contributed by atoms with van der Waals surface area (Å²) >= 11 is 3.28. The molecule has 1 aromatic heterocycles. The molecule has 4 N–H and O–H groups in total. The van der Waals surface area contributed by atoms with Gasteiger partial charge in [0.1, 0.15) is 6.33 Å². The van der Waals surface area contributed by atoms with Gasteiger partial charge in [0.2, 0.25) is 11.6 Å². The fraction of sp³-hybridized carbons (Fsp3) is 0. The van der Waals surface area contributed by atoms with Crippen molar-refractivity contribution in [3.63, 3.8) is 0 Å². The van der Waals surface area contributed by atoms with E-state index in [0.717, 1.165) is 10.8 Å². The van der Waals surface area contributed by atoms with Crippen LogP contribution in [0.1, 0.15) is 10.4 Å². The lowest BCUT2D eigenvalue weighted by atomic mass is 10.2. The highest BCUT2D eigenvalue weighted by Crippen LogP contribution is 2.28. The number of carbonyl (C=O) groups is 1. The number of para-hydroxylation sites is 1. The van der Waals surface area contributed by atoms with E-state index >= 15 is 0 Å². The molecule has 0 saturated heterocycles. The van der Waals surface area contributed by atoms with E-state index in [1.54, 1.807) is 36.4 Å². The summed E-state index contributed by atoms with van der Waals surface area (Å²) in [6.45, 7) is 0. The van der Waals surface area contributed by atoms with Gasteiger partial charge < -0.3 is 0 Å². The third-order valence-electron chi connectivity index (χ3n) is 3.50. The van der Waals surface area contributed by atoms with Crippen LogP contribution in [0.15, 0.2) is 65.4 Å². The van der Waals surface area contributed by atoms with E-state index in [0.29, 0.717) is 11.3 Å². The standard InChI is InChI=1S/C17H14BrN7O3/c18-12-8-6-11(7-9-12)17(26)24-23-16-14(25(27)28)15(19-10-20-16)22-21-13-4-2-1-3-5-13/h1-10,21H,(H,24,26)(H2,19,20,22,23). The second-order valence-electron chi connectivity index (χ2n) is 5.38. The van der Waals surface area contributed by atoms with Gasteiger partial charge in [0.15, 0.2) is 0 Å². The van der Waals surface area contributed by atoms with Crippen LogP contribution in [0.4, 0.5) is 23.0 Å². The molecule has 0 unspecified atom stereocenters. The van der Waals surface area contributed by atoms with Crippen molar-refractivity contribution in [2.75, 3.05) is 16.3 Å². The predicted octanol–water partition coefficient (Wildman–Crippen LogP) is 3.34. The molecule has 0 fully saturated rings. The number of nitro groups is 1. The lowest BCUT2D eigenvalue weighted by Crippen LogP contribution is -2.30. The number of halogens is 1. The minimum Gasteiger partial charge on any atom is -0.299 e. The first-order chi connectivity index (χ1) is 13.5. The van der Waals surface area contributed by atoms with Crippen molar-refractivity contribution in [2.24, 2.45) is 0 Å². The Hall–Kier alpha value is -3.73. The molecule has 1 heterocycles. The normalized spacial score (nSPS) is 10.0. The Bertz CT molecular complexity index is 984. The summed E-state index contributed by atoms with van der Waals surface area (Å²) in [5.74, 6) is -0.704. The highest BCUT2D eigenvalue weighted by Gasteiger charge is 2.23. The molecule has 0 saturated carbocycles. The minimum absolute atomic E-state index is 0.0655. The first kappa shape index (κ1) is 19.0. The third kappa shape index (κ3) is 4.71. The molecule has 11 heteroatoms. The number of hydrogen-bond acceptors (Lipinski definition) is 8. The van der Waals surface area contributed by atoms with Crippen molar-refractivity contribution in [3.05, 3.63) is 81.1 Å². The van der Waals surface area contributed by atoms with Gasteiger partial charge in [-0.05, 0) is 36.4 Å². The first-order valence-corrected chi connectivity index (χ1v) is 8.72. The second-order valence-corrected chi connectivity index (χ2v) is 6.29. The van der Waals surface area contributed by atoms with Crippen molar-refractivity contribution < 1.29 is 9.72 Å². The van der Waals surface area contributed by atoms with Crippen LogP contribution in [-0.4, -0.2) is 20.8 Å². The smallest absolute Gasteiger partial charge is 0.299 e. The summed E-state index contributed by atoms with van der Waals surface area (Å²) in [6.07, 6.45) is 1.14. The molecular formula is C17H14BrN7O3. The monoisotopic (exact) mass is 443 g/mol. The first-order valence-electron chi connectivity index (χ1n) is 7.93. The van der Waals surface area contributed by atoms with Gasteiger partial charge in [-0.1, -0.05) is 34.1 Å². The molecule has 3 aromatic rings. The van der Waals surface area contributed by atoms with Crippen LogP contribution in [-0.2, 0) is 0 Å². The number of nitrogens with zero attached hydrogens (tertiary/aromatic N) is 3. The van der Waals surface area contributed by atoms with Gasteiger partial charge in [-0.25, -0.2) is 9.97 Å². The Kier molecular flexibility index (Phi) is 5.97. The number of hydrogen-bond donors (Lipinski definition) is 4. The average molecular weight is 444 g/mol. The van der Waals surface area contributed by atoms with Crippen LogP contribution < -0.4 is 21.7 Å². The van der Waals surface area contributed by atoms with E-state index in [-0.39, 0.29) is 11.6 Å². The van der Waals surface area contributed by atoms with Gasteiger partial charge in [0.05, 0.1) is 10.6 Å². The summed E-state index contributed by atoms with van der Waals surface area (Å²) < 4.78 is 0.824. The van der Waals surface area contributed by atoms with E-state index in [4.69, 9.17) is 0 Å². The maximum absolute atomic E-state index is 12.2. The number of nitrogens with one attached hydrogen (secondary N) is 4. The number of benzene rings is 2. The molecule has 0 bridgehead atoms. The van der Waals surface area contributed by atoms with Gasteiger partial charge in [-0.15, -0.1) is 0 Å². The highest BCUT2D eigenvalue weighted by molar-refractivity contribution is 9.10. The Morgan fingerprint density at radius 1 is 0.929 bits per heavy atom. The summed E-state index contributed by atoms with van der Waals surface area (Å²) in [4.78, 5) is 30.8. The maximum Gasteiger partial charge on any atom is 0.356 e. The number of hydrazine groups is 2. The number of anilines is 3. The molecule has 0 aliphatic heterocycles. The fourth-order valence-corrected chi connectivity index (χ4v) is 2.44. The molecule has 0 aliphatic carbocycles. The Morgan fingerprint density at radius 3 is 2.21 bits per heavy atom. The van der Waals surface area contributed by atoms with Crippen molar-refractivity contribution in [1.82, 2.24) is 15.4 Å². The second kappa shape index (κ2) is 8.77. The molecule has 28 heavy (non-hydrogen) atoms. The van der Waals surface area contributed by atoms with Crippen LogP contribution in [0, 0.1) is 10.1 Å². The lowest BCUT2D eigenvalue weighted by molar-refractivity contribution is -0.383. The van der Waals surface area contributed by atoms with Gasteiger partial charge in [0, 0.05) is 10.0 Å². The van der Waals surface area contributed by atoms with E-state index in [1.165, 1.54) is 0 Å². The average Bonchev–Trinajstić information content (AvgIpc) is 2.71. The van der Waals surface area contributed by atoms with Gasteiger partial charge in [0.25, 0.3) is 5.91 Å². The minimum atomic E-state index is -0.650. The Balaban J connectivity index is 1.74. The molecule has 2 aromatic carbocycles. The zero-order valence-corrected chi connectivity index (χ0v) is 15.8. The largest absolute Gasteiger partial charge is 0.356 e. The molecule has 0 aliphatic rings. The van der Waals surface area contributed by atoms with E-state index in [2.05, 4.69) is 47.6 Å². The summed E-state index contributed by atoms with van der Waals surface area (Å²) in [5.41, 5.74) is 11.0. The van der Waals surface area contributed by atoms with E-state index < -0.39 is 16.5 Å². The maximum atomic E-state index is 12.2. The SMILES string of the molecule is O=C(NNc1ncnc(NNc2ccccc2)c1[N+](=O)[O-])c1ccc(Br)cc1. The number of carbonyl (C=O) groups excluding carboxylic acids is 1. The Morgan fingerprint density at radius 2 is 1.57 bits per heavy atom. The zero-order chi connectivity index (χ0) is 19.9. The van der Waals surface area contributed by atoms with Crippen LogP contribution in [0.2, 0.25) is 0 Å². The molecule has 0 atom stereocenters. The number of aromatic nitrogens is 2. The number of rotatable bonds is 7. The van der Waals surface area contributed by atoms with Crippen LogP contribution >= 0.6 is 15.9 Å². The lowest BCUT2D eigenvalue weighted by Gasteiger charge is -2.12.